The molecule has 0 saturated heterocycles. The molecule has 0 atom stereocenters. The van der Waals surface area contributed by atoms with Gasteiger partial charge in [0.1, 0.15) is 0 Å². The molecule has 13 heavy (non-hydrogen) atoms. The van der Waals surface area contributed by atoms with Crippen molar-refractivity contribution in [2.45, 2.75) is 20.8 Å². The van der Waals surface area contributed by atoms with E-state index in [-0.39, 0.29) is 11.3 Å². The molecule has 0 aromatic carbocycles. The third-order valence-electron chi connectivity index (χ3n) is 2.33. The van der Waals surface area contributed by atoms with E-state index < -0.39 is 0 Å². The first-order chi connectivity index (χ1) is 6.00. The van der Waals surface area contributed by atoms with Gasteiger partial charge in [0, 0.05) is 17.5 Å². The standard InChI is InChI=1S/C11H13NO/c1-11(2,3)9-7-8-5-4-6-12(8)10(9)13/h4-7H,1-3H3. The number of aromatic nitrogens is 1. The average Bonchev–Trinajstić information content (AvgIpc) is 2.51. The first kappa shape index (κ1) is 8.30. The predicted octanol–water partition coefficient (Wildman–Crippen LogP) is 2.57. The van der Waals surface area contributed by atoms with Gasteiger partial charge in [-0.3, -0.25) is 9.36 Å². The summed E-state index contributed by atoms with van der Waals surface area (Å²) in [6.07, 6.45) is 3.79. The zero-order chi connectivity index (χ0) is 9.64. The molecule has 0 N–H and O–H groups in total. The Hall–Kier alpha value is -1.31. The summed E-state index contributed by atoms with van der Waals surface area (Å²) in [5.74, 6) is 0.118. The van der Waals surface area contributed by atoms with Gasteiger partial charge in [-0.25, -0.2) is 0 Å². The molecule has 0 amide bonds. The molecule has 1 aliphatic rings. The summed E-state index contributed by atoms with van der Waals surface area (Å²) in [4.78, 5) is 11.8. The monoisotopic (exact) mass is 175 g/mol. The maximum atomic E-state index is 11.8. The summed E-state index contributed by atoms with van der Waals surface area (Å²) in [5, 5.41) is 0. The van der Waals surface area contributed by atoms with Crippen LogP contribution in [-0.4, -0.2) is 10.5 Å². The van der Waals surface area contributed by atoms with Gasteiger partial charge >= 0.3 is 0 Å². The maximum absolute atomic E-state index is 11.8. The number of carbonyl (C=O) groups is 1. The van der Waals surface area contributed by atoms with Gasteiger partial charge in [-0.1, -0.05) is 20.8 Å². The Bertz CT molecular complexity index is 390. The van der Waals surface area contributed by atoms with Gasteiger partial charge in [-0.2, -0.15) is 0 Å². The SMILES string of the molecule is CC(C)(C)C1=Cc2cccn2C1=O. The second-order valence-electron chi connectivity index (χ2n) is 4.42. The number of carbonyl (C=O) groups excluding carboxylic acids is 1. The van der Waals surface area contributed by atoms with Crippen LogP contribution < -0.4 is 0 Å². The normalized spacial score (nSPS) is 15.9. The molecule has 2 heterocycles. The minimum atomic E-state index is -0.0594. The molecule has 2 nitrogen and oxygen atoms in total. The van der Waals surface area contributed by atoms with E-state index in [1.165, 1.54) is 0 Å². The number of fused-ring (bicyclic) bond motifs is 1. The average molecular weight is 175 g/mol. The molecule has 68 valence electrons. The Morgan fingerprint density at radius 3 is 2.54 bits per heavy atom. The summed E-state index contributed by atoms with van der Waals surface area (Å²) < 4.78 is 1.70. The number of allylic oxidation sites excluding steroid dienone is 1. The minimum Gasteiger partial charge on any atom is -0.284 e. The van der Waals surface area contributed by atoms with Crippen LogP contribution in [-0.2, 0) is 0 Å². The predicted molar refractivity (Wildman–Crippen MR) is 52.5 cm³/mol. The molecule has 2 heteroatoms. The molecular formula is C11H13NO. The molecule has 0 unspecified atom stereocenters. The molecule has 0 radical (unpaired) electrons. The molecule has 0 spiro atoms. The van der Waals surface area contributed by atoms with Crippen LogP contribution in [0.2, 0.25) is 0 Å². The summed E-state index contributed by atoms with van der Waals surface area (Å²) in [6.45, 7) is 6.18. The summed E-state index contributed by atoms with van der Waals surface area (Å²) >= 11 is 0. The van der Waals surface area contributed by atoms with E-state index in [1.807, 2.05) is 24.4 Å². The van der Waals surface area contributed by atoms with Gasteiger partial charge in [-0.15, -0.1) is 0 Å². The van der Waals surface area contributed by atoms with Crippen LogP contribution in [0.5, 0.6) is 0 Å². The highest BCUT2D eigenvalue weighted by molar-refractivity contribution is 6.05. The Balaban J connectivity index is 2.50. The van der Waals surface area contributed by atoms with Crippen molar-refractivity contribution in [1.82, 2.24) is 4.57 Å². The number of hydrogen-bond donors (Lipinski definition) is 0. The molecule has 0 saturated carbocycles. The minimum absolute atomic E-state index is 0.0594. The van der Waals surface area contributed by atoms with Crippen LogP contribution in [0.15, 0.2) is 23.9 Å². The van der Waals surface area contributed by atoms with E-state index in [0.29, 0.717) is 0 Å². The van der Waals surface area contributed by atoms with Gasteiger partial charge in [0.05, 0.1) is 0 Å². The summed E-state index contributed by atoms with van der Waals surface area (Å²) in [5.41, 5.74) is 1.83. The van der Waals surface area contributed by atoms with E-state index in [0.717, 1.165) is 11.3 Å². The lowest BCUT2D eigenvalue weighted by atomic mass is 9.86. The molecule has 0 aliphatic carbocycles. The number of hydrogen-bond acceptors (Lipinski definition) is 1. The molecule has 1 aliphatic heterocycles. The van der Waals surface area contributed by atoms with E-state index in [4.69, 9.17) is 0 Å². The molecule has 2 rings (SSSR count). The topological polar surface area (TPSA) is 22.0 Å². The Labute approximate surface area is 77.9 Å². The van der Waals surface area contributed by atoms with E-state index in [2.05, 4.69) is 20.8 Å². The number of nitrogens with zero attached hydrogens (tertiary/aromatic N) is 1. The lowest BCUT2D eigenvalue weighted by Gasteiger charge is -2.18. The van der Waals surface area contributed by atoms with E-state index >= 15 is 0 Å². The summed E-state index contributed by atoms with van der Waals surface area (Å²) in [6, 6.07) is 3.85. The van der Waals surface area contributed by atoms with Crippen molar-refractivity contribution in [2.75, 3.05) is 0 Å². The Morgan fingerprint density at radius 2 is 2.00 bits per heavy atom. The third-order valence-corrected chi connectivity index (χ3v) is 2.33. The maximum Gasteiger partial charge on any atom is 0.258 e. The first-order valence-corrected chi connectivity index (χ1v) is 4.44. The second kappa shape index (κ2) is 2.34. The highest BCUT2D eigenvalue weighted by atomic mass is 16.2. The largest absolute Gasteiger partial charge is 0.284 e. The highest BCUT2D eigenvalue weighted by Crippen LogP contribution is 2.32. The zero-order valence-corrected chi connectivity index (χ0v) is 8.16. The van der Waals surface area contributed by atoms with Crippen molar-refractivity contribution >= 4 is 12.0 Å². The zero-order valence-electron chi connectivity index (χ0n) is 8.16. The first-order valence-electron chi connectivity index (χ1n) is 4.44. The van der Waals surface area contributed by atoms with Gasteiger partial charge in [0.15, 0.2) is 0 Å². The summed E-state index contributed by atoms with van der Waals surface area (Å²) in [7, 11) is 0. The fraction of sp³-hybridized carbons (Fsp3) is 0.364. The highest BCUT2D eigenvalue weighted by Gasteiger charge is 2.29. The van der Waals surface area contributed by atoms with Crippen molar-refractivity contribution in [1.29, 1.82) is 0 Å². The van der Waals surface area contributed by atoms with Crippen molar-refractivity contribution in [2.24, 2.45) is 5.41 Å². The van der Waals surface area contributed by atoms with Crippen LogP contribution in [0, 0.1) is 5.41 Å². The third kappa shape index (κ3) is 1.13. The Morgan fingerprint density at radius 1 is 1.31 bits per heavy atom. The molecule has 0 fully saturated rings. The number of rotatable bonds is 0. The molecule has 1 aromatic heterocycles. The van der Waals surface area contributed by atoms with Crippen LogP contribution in [0.4, 0.5) is 0 Å². The van der Waals surface area contributed by atoms with Gasteiger partial charge in [-0.05, 0) is 23.6 Å². The lowest BCUT2D eigenvalue weighted by molar-refractivity contribution is 0.0942. The van der Waals surface area contributed by atoms with Gasteiger partial charge in [0.25, 0.3) is 5.91 Å². The van der Waals surface area contributed by atoms with Crippen LogP contribution >= 0.6 is 0 Å². The van der Waals surface area contributed by atoms with Crippen LogP contribution in [0.3, 0.4) is 0 Å². The van der Waals surface area contributed by atoms with Crippen molar-refractivity contribution < 1.29 is 4.79 Å². The lowest BCUT2D eigenvalue weighted by Crippen LogP contribution is -2.18. The van der Waals surface area contributed by atoms with Crippen LogP contribution in [0.1, 0.15) is 31.3 Å². The molecule has 1 aromatic rings. The Kier molecular flexibility index (Phi) is 1.50. The van der Waals surface area contributed by atoms with E-state index in [1.54, 1.807) is 4.57 Å². The second-order valence-corrected chi connectivity index (χ2v) is 4.42. The van der Waals surface area contributed by atoms with E-state index in [9.17, 15) is 4.79 Å². The van der Waals surface area contributed by atoms with Gasteiger partial charge < -0.3 is 0 Å². The van der Waals surface area contributed by atoms with Crippen LogP contribution in [0.25, 0.3) is 6.08 Å². The smallest absolute Gasteiger partial charge is 0.258 e. The quantitative estimate of drug-likeness (QED) is 0.594. The van der Waals surface area contributed by atoms with Gasteiger partial charge in [0.2, 0.25) is 0 Å². The fourth-order valence-electron chi connectivity index (χ4n) is 1.57. The molecule has 0 bridgehead atoms. The van der Waals surface area contributed by atoms with Crippen molar-refractivity contribution in [3.63, 3.8) is 0 Å². The van der Waals surface area contributed by atoms with Crippen molar-refractivity contribution in [3.05, 3.63) is 29.6 Å². The van der Waals surface area contributed by atoms with Crippen molar-refractivity contribution in [3.8, 4) is 0 Å². The fourth-order valence-corrected chi connectivity index (χ4v) is 1.57. The molecular weight excluding hydrogens is 162 g/mol.